The van der Waals surface area contributed by atoms with Gasteiger partial charge in [0.05, 0.1) is 16.9 Å². The lowest BCUT2D eigenvalue weighted by molar-refractivity contribution is 0.0447. The van der Waals surface area contributed by atoms with E-state index in [4.69, 9.17) is 24.0 Å². The lowest BCUT2D eigenvalue weighted by Gasteiger charge is -2.23. The number of hydrogen-bond donors (Lipinski definition) is 2. The van der Waals surface area contributed by atoms with Crippen molar-refractivity contribution in [3.63, 3.8) is 0 Å². The van der Waals surface area contributed by atoms with Crippen LogP contribution in [0.15, 0.2) is 48.5 Å². The van der Waals surface area contributed by atoms with Gasteiger partial charge in [0.2, 0.25) is 0 Å². The molecule has 9 heteroatoms. The fraction of sp³-hybridized carbons (Fsp3) is 0.333. The molecule has 33 heavy (non-hydrogen) atoms. The zero-order valence-electron chi connectivity index (χ0n) is 19.4. The number of anilines is 2. The average Bonchev–Trinajstić information content (AvgIpc) is 3.21. The molecule has 1 aromatic heterocycles. The molecule has 0 unspecified atom stereocenters. The highest BCUT2D eigenvalue weighted by molar-refractivity contribution is 5.98. The maximum absolute atomic E-state index is 12.2. The third-order valence-electron chi connectivity index (χ3n) is 4.64. The molecule has 0 amide bonds. The van der Waals surface area contributed by atoms with E-state index in [1.807, 2.05) is 61.9 Å². The van der Waals surface area contributed by atoms with Crippen LogP contribution in [-0.2, 0) is 15.0 Å². The smallest absolute Gasteiger partial charge is 0.341 e. The van der Waals surface area contributed by atoms with Gasteiger partial charge in [-0.05, 0) is 20.8 Å². The third-order valence-corrected chi connectivity index (χ3v) is 4.64. The molecule has 0 aliphatic carbocycles. The lowest BCUT2D eigenvalue weighted by atomic mass is 10.1. The number of carbonyl (C=O) groups is 1. The second-order valence-electron chi connectivity index (χ2n) is 8.24. The van der Waals surface area contributed by atoms with Gasteiger partial charge in [0.15, 0.2) is 13.6 Å². The van der Waals surface area contributed by atoms with Crippen molar-refractivity contribution in [3.05, 3.63) is 54.1 Å². The molecule has 2 aromatic carbocycles. The number of ether oxygens (including phenoxy) is 4. The molecule has 0 bridgehead atoms. The summed E-state index contributed by atoms with van der Waals surface area (Å²) in [5.74, 6) is -0.0662. The van der Waals surface area contributed by atoms with Crippen LogP contribution in [0.5, 0.6) is 11.5 Å². The van der Waals surface area contributed by atoms with Gasteiger partial charge in [0.1, 0.15) is 22.9 Å². The minimum Gasteiger partial charge on any atom is -0.477 e. The van der Waals surface area contributed by atoms with Crippen LogP contribution in [0.3, 0.4) is 0 Å². The number of aromatic nitrogens is 2. The average molecular weight is 456 g/mol. The highest BCUT2D eigenvalue weighted by Gasteiger charge is 2.24. The fourth-order valence-electron chi connectivity index (χ4n) is 3.23. The molecule has 0 fully saturated rings. The monoisotopic (exact) mass is 455 g/mol. The van der Waals surface area contributed by atoms with Crippen molar-refractivity contribution in [3.8, 4) is 22.8 Å². The van der Waals surface area contributed by atoms with E-state index in [9.17, 15) is 9.90 Å². The van der Waals surface area contributed by atoms with Crippen molar-refractivity contribution in [2.45, 2.75) is 26.3 Å². The van der Waals surface area contributed by atoms with Crippen LogP contribution in [0.25, 0.3) is 11.3 Å². The maximum atomic E-state index is 12.2. The van der Waals surface area contributed by atoms with Gasteiger partial charge in [-0.3, -0.25) is 0 Å². The predicted octanol–water partition coefficient (Wildman–Crippen LogP) is 4.71. The number of carboxylic acid groups (broad SMARTS) is 1. The molecule has 0 aliphatic heterocycles. The maximum Gasteiger partial charge on any atom is 0.341 e. The van der Waals surface area contributed by atoms with E-state index in [0.717, 1.165) is 11.3 Å². The van der Waals surface area contributed by atoms with Crippen molar-refractivity contribution in [2.24, 2.45) is 0 Å². The molecule has 0 aliphatic rings. The topological polar surface area (TPSA) is 104 Å². The Bertz CT molecular complexity index is 1090. The molecule has 0 saturated carbocycles. The molecule has 0 spiro atoms. The van der Waals surface area contributed by atoms with Crippen molar-refractivity contribution in [2.75, 3.05) is 33.1 Å². The van der Waals surface area contributed by atoms with E-state index in [1.165, 1.54) is 20.3 Å². The highest BCUT2D eigenvalue weighted by atomic mass is 16.7. The number of nitrogens with one attached hydrogen (secondary N) is 1. The van der Waals surface area contributed by atoms with E-state index in [1.54, 1.807) is 6.07 Å². The molecule has 176 valence electrons. The molecular weight excluding hydrogens is 426 g/mol. The van der Waals surface area contributed by atoms with Gasteiger partial charge in [0.25, 0.3) is 0 Å². The molecule has 3 rings (SSSR count). The van der Waals surface area contributed by atoms with Gasteiger partial charge in [-0.2, -0.15) is 5.10 Å². The Labute approximate surface area is 192 Å². The molecule has 2 N–H and O–H groups in total. The summed E-state index contributed by atoms with van der Waals surface area (Å²) in [6, 6.07) is 14.7. The van der Waals surface area contributed by atoms with Crippen LogP contribution < -0.4 is 14.8 Å². The summed E-state index contributed by atoms with van der Waals surface area (Å²) in [5.41, 5.74) is 1.56. The summed E-state index contributed by atoms with van der Waals surface area (Å²) in [6.07, 6.45) is 0. The van der Waals surface area contributed by atoms with Gasteiger partial charge in [-0.15, -0.1) is 0 Å². The van der Waals surface area contributed by atoms with Gasteiger partial charge >= 0.3 is 5.97 Å². The zero-order valence-corrected chi connectivity index (χ0v) is 19.4. The number of rotatable bonds is 10. The Morgan fingerprint density at radius 2 is 1.70 bits per heavy atom. The van der Waals surface area contributed by atoms with E-state index >= 15 is 0 Å². The number of hydrogen-bond acceptors (Lipinski definition) is 7. The van der Waals surface area contributed by atoms with Crippen molar-refractivity contribution in [1.29, 1.82) is 0 Å². The number of methoxy groups -OCH3 is 2. The van der Waals surface area contributed by atoms with Gasteiger partial charge in [0, 0.05) is 38.0 Å². The highest BCUT2D eigenvalue weighted by Crippen LogP contribution is 2.36. The zero-order chi connectivity index (χ0) is 24.0. The number of carboxylic acids is 1. The van der Waals surface area contributed by atoms with Crippen LogP contribution in [0.2, 0.25) is 0 Å². The summed E-state index contributed by atoms with van der Waals surface area (Å²) in [5, 5.41) is 18.0. The summed E-state index contributed by atoms with van der Waals surface area (Å²) in [6.45, 7) is 5.93. The second-order valence-corrected chi connectivity index (χ2v) is 8.24. The molecule has 9 nitrogen and oxygen atoms in total. The first kappa shape index (κ1) is 24.1. The summed E-state index contributed by atoms with van der Waals surface area (Å²) < 4.78 is 22.9. The minimum atomic E-state index is -1.16. The summed E-state index contributed by atoms with van der Waals surface area (Å²) >= 11 is 0. The molecule has 3 aromatic rings. The second kappa shape index (κ2) is 10.4. The van der Waals surface area contributed by atoms with Crippen LogP contribution in [0.1, 0.15) is 31.1 Å². The van der Waals surface area contributed by atoms with Crippen molar-refractivity contribution in [1.82, 2.24) is 9.78 Å². The molecule has 0 radical (unpaired) electrons. The largest absolute Gasteiger partial charge is 0.477 e. The van der Waals surface area contributed by atoms with E-state index in [0.29, 0.717) is 11.6 Å². The SMILES string of the molecule is COCOc1cc(Nc2cc(-c3ccccc3)nn2C(C)(C)C)c(C(=O)O)c(OCOC)c1. The van der Waals surface area contributed by atoms with Gasteiger partial charge < -0.3 is 29.4 Å². The Morgan fingerprint density at radius 3 is 2.30 bits per heavy atom. The third kappa shape index (κ3) is 5.82. The number of benzene rings is 2. The standard InChI is InChI=1S/C24H29N3O6/c1-24(2,3)27-21(13-18(26-27)16-9-7-6-8-10-16)25-19-11-17(32-14-30-4)12-20(33-15-31-5)22(19)23(28)29/h6-13,25H,14-15H2,1-5H3,(H,28,29). The van der Waals surface area contributed by atoms with Crippen LogP contribution >= 0.6 is 0 Å². The number of nitrogens with zero attached hydrogens (tertiary/aromatic N) is 2. The molecule has 0 saturated heterocycles. The van der Waals surface area contributed by atoms with Crippen LogP contribution in [0, 0.1) is 0 Å². The van der Waals surface area contributed by atoms with E-state index in [2.05, 4.69) is 5.32 Å². The predicted molar refractivity (Wildman–Crippen MR) is 124 cm³/mol. The molecular formula is C24H29N3O6. The Morgan fingerprint density at radius 1 is 1.03 bits per heavy atom. The first-order valence-electron chi connectivity index (χ1n) is 10.3. The number of aromatic carboxylic acids is 1. The Hall–Kier alpha value is -3.56. The van der Waals surface area contributed by atoms with Crippen LogP contribution in [-0.4, -0.2) is 48.7 Å². The first-order chi connectivity index (χ1) is 15.7. The van der Waals surface area contributed by atoms with Crippen molar-refractivity contribution >= 4 is 17.5 Å². The first-order valence-corrected chi connectivity index (χ1v) is 10.3. The van der Waals surface area contributed by atoms with E-state index < -0.39 is 5.97 Å². The summed E-state index contributed by atoms with van der Waals surface area (Å²) in [4.78, 5) is 12.2. The Balaban J connectivity index is 2.12. The van der Waals surface area contributed by atoms with Gasteiger partial charge in [-0.1, -0.05) is 30.3 Å². The van der Waals surface area contributed by atoms with Crippen LogP contribution in [0.4, 0.5) is 11.5 Å². The van der Waals surface area contributed by atoms with E-state index in [-0.39, 0.29) is 36.1 Å². The lowest BCUT2D eigenvalue weighted by Crippen LogP contribution is -2.24. The Kier molecular flexibility index (Phi) is 7.57. The quantitative estimate of drug-likeness (QED) is 0.424. The molecule has 1 heterocycles. The molecule has 0 atom stereocenters. The fourth-order valence-corrected chi connectivity index (χ4v) is 3.23. The normalized spacial score (nSPS) is 11.3. The minimum absolute atomic E-state index is 0.00629. The van der Waals surface area contributed by atoms with Crippen molar-refractivity contribution < 1.29 is 28.8 Å². The van der Waals surface area contributed by atoms with Gasteiger partial charge in [-0.25, -0.2) is 9.48 Å². The summed E-state index contributed by atoms with van der Waals surface area (Å²) in [7, 11) is 2.96.